The molecule has 0 aliphatic heterocycles. The predicted molar refractivity (Wildman–Crippen MR) is 58.4 cm³/mol. The lowest BCUT2D eigenvalue weighted by atomic mass is 10.2. The largest absolute Gasteiger partial charge is 0.279 e. The summed E-state index contributed by atoms with van der Waals surface area (Å²) in [6.07, 6.45) is 3.01. The third-order valence-corrected chi connectivity index (χ3v) is 3.28. The highest BCUT2D eigenvalue weighted by molar-refractivity contribution is 9.10. The lowest BCUT2D eigenvalue weighted by Gasteiger charge is -2.02. The number of aromatic amines is 1. The number of aromatic nitrogens is 2. The summed E-state index contributed by atoms with van der Waals surface area (Å²) < 4.78 is 0.469. The molecule has 0 aromatic carbocycles. The summed E-state index contributed by atoms with van der Waals surface area (Å²) in [4.78, 5) is 11.7. The Hall–Kier alpha value is -0.290. The Morgan fingerprint density at radius 3 is 2.92 bits per heavy atom. The van der Waals surface area contributed by atoms with Gasteiger partial charge in [0.15, 0.2) is 0 Å². The lowest BCUT2D eigenvalue weighted by Crippen LogP contribution is -2.12. The molecule has 0 amide bonds. The van der Waals surface area contributed by atoms with E-state index in [0.29, 0.717) is 9.37 Å². The fourth-order valence-electron chi connectivity index (χ4n) is 0.973. The number of rotatable bonds is 3. The van der Waals surface area contributed by atoms with Crippen LogP contribution in [-0.4, -0.2) is 10.2 Å². The van der Waals surface area contributed by atoms with Gasteiger partial charge in [0.1, 0.15) is 0 Å². The first kappa shape index (κ1) is 10.8. The van der Waals surface area contributed by atoms with Crippen LogP contribution in [0.5, 0.6) is 0 Å². The van der Waals surface area contributed by atoms with Crippen molar-refractivity contribution in [2.45, 2.75) is 31.1 Å². The first-order chi connectivity index (χ1) is 6.16. The SMILES string of the molecule is CCCCc1n[nH]c(=O)c(Br)c1S. The van der Waals surface area contributed by atoms with E-state index in [1.54, 1.807) is 0 Å². The van der Waals surface area contributed by atoms with Crippen LogP contribution in [0.15, 0.2) is 14.2 Å². The second-order valence-corrected chi connectivity index (χ2v) is 4.01. The van der Waals surface area contributed by atoms with E-state index in [1.165, 1.54) is 0 Å². The van der Waals surface area contributed by atoms with Crippen LogP contribution < -0.4 is 5.56 Å². The van der Waals surface area contributed by atoms with Gasteiger partial charge in [0.2, 0.25) is 0 Å². The number of thiol groups is 1. The highest BCUT2D eigenvalue weighted by Crippen LogP contribution is 2.19. The summed E-state index contributed by atoms with van der Waals surface area (Å²) in [6.45, 7) is 2.11. The molecular formula is C8H11BrN2OS. The molecule has 13 heavy (non-hydrogen) atoms. The number of unbranched alkanes of at least 4 members (excludes halogenated alkanes) is 1. The van der Waals surface area contributed by atoms with Crippen molar-refractivity contribution >= 4 is 28.6 Å². The summed E-state index contributed by atoms with van der Waals surface area (Å²) in [5.41, 5.74) is 0.613. The maximum atomic E-state index is 11.1. The zero-order chi connectivity index (χ0) is 9.84. The van der Waals surface area contributed by atoms with Crippen LogP contribution in [0.3, 0.4) is 0 Å². The van der Waals surface area contributed by atoms with Gasteiger partial charge in [0, 0.05) is 4.90 Å². The fourth-order valence-corrected chi connectivity index (χ4v) is 1.55. The van der Waals surface area contributed by atoms with E-state index in [2.05, 4.69) is 45.7 Å². The molecule has 5 heteroatoms. The lowest BCUT2D eigenvalue weighted by molar-refractivity contribution is 0.734. The van der Waals surface area contributed by atoms with Crippen molar-refractivity contribution < 1.29 is 0 Å². The molecule has 1 aromatic heterocycles. The second kappa shape index (κ2) is 4.81. The van der Waals surface area contributed by atoms with E-state index in [-0.39, 0.29) is 5.56 Å². The highest BCUT2D eigenvalue weighted by Gasteiger charge is 2.07. The van der Waals surface area contributed by atoms with Crippen molar-refractivity contribution in [1.29, 1.82) is 0 Å². The van der Waals surface area contributed by atoms with Gasteiger partial charge in [-0.2, -0.15) is 5.10 Å². The van der Waals surface area contributed by atoms with Gasteiger partial charge in [-0.1, -0.05) is 13.3 Å². The van der Waals surface area contributed by atoms with E-state index < -0.39 is 0 Å². The number of nitrogens with one attached hydrogen (secondary N) is 1. The molecule has 0 saturated heterocycles. The molecular weight excluding hydrogens is 252 g/mol. The van der Waals surface area contributed by atoms with Gasteiger partial charge < -0.3 is 0 Å². The van der Waals surface area contributed by atoms with E-state index in [0.717, 1.165) is 25.0 Å². The Labute approximate surface area is 90.5 Å². The van der Waals surface area contributed by atoms with Crippen LogP contribution in [0.25, 0.3) is 0 Å². The molecule has 3 nitrogen and oxygen atoms in total. The van der Waals surface area contributed by atoms with Gasteiger partial charge in [0.05, 0.1) is 10.2 Å². The second-order valence-electron chi connectivity index (χ2n) is 2.77. The summed E-state index contributed by atoms with van der Waals surface area (Å²) in [5.74, 6) is 0. The number of nitrogens with zero attached hydrogens (tertiary/aromatic N) is 1. The van der Waals surface area contributed by atoms with E-state index in [9.17, 15) is 4.79 Å². The van der Waals surface area contributed by atoms with Crippen LogP contribution in [-0.2, 0) is 6.42 Å². The first-order valence-electron chi connectivity index (χ1n) is 4.12. The van der Waals surface area contributed by atoms with Gasteiger partial charge in [-0.05, 0) is 28.8 Å². The summed E-state index contributed by atoms with van der Waals surface area (Å²) in [7, 11) is 0. The smallest absolute Gasteiger partial charge is 0.267 e. The Kier molecular flexibility index (Phi) is 3.99. The molecule has 0 aliphatic carbocycles. The maximum Gasteiger partial charge on any atom is 0.279 e. The molecule has 0 unspecified atom stereocenters. The zero-order valence-corrected chi connectivity index (χ0v) is 9.78. The normalized spacial score (nSPS) is 10.4. The van der Waals surface area contributed by atoms with Gasteiger partial charge in [-0.3, -0.25) is 4.79 Å². The average molecular weight is 263 g/mol. The molecule has 0 bridgehead atoms. The topological polar surface area (TPSA) is 45.8 Å². The summed E-state index contributed by atoms with van der Waals surface area (Å²) >= 11 is 7.39. The van der Waals surface area contributed by atoms with Gasteiger partial charge >= 0.3 is 0 Å². The van der Waals surface area contributed by atoms with Crippen molar-refractivity contribution in [3.63, 3.8) is 0 Å². The van der Waals surface area contributed by atoms with Gasteiger partial charge in [-0.15, -0.1) is 12.6 Å². The van der Waals surface area contributed by atoms with E-state index in [4.69, 9.17) is 0 Å². The predicted octanol–water partition coefficient (Wildman–Crippen LogP) is 2.16. The number of aryl methyl sites for hydroxylation is 1. The molecule has 0 fully saturated rings. The maximum absolute atomic E-state index is 11.1. The van der Waals surface area contributed by atoms with Crippen LogP contribution in [0, 0.1) is 0 Å². The summed E-state index contributed by atoms with van der Waals surface area (Å²) in [5, 5.41) is 6.35. The van der Waals surface area contributed by atoms with Crippen LogP contribution in [0.2, 0.25) is 0 Å². The Morgan fingerprint density at radius 1 is 1.62 bits per heavy atom. The van der Waals surface area contributed by atoms with Crippen molar-refractivity contribution in [1.82, 2.24) is 10.2 Å². The van der Waals surface area contributed by atoms with Crippen molar-refractivity contribution in [3.05, 3.63) is 20.5 Å². The highest BCUT2D eigenvalue weighted by atomic mass is 79.9. The third kappa shape index (κ3) is 2.57. The Bertz CT molecular complexity index is 350. The third-order valence-electron chi connectivity index (χ3n) is 1.74. The van der Waals surface area contributed by atoms with Gasteiger partial charge in [0.25, 0.3) is 5.56 Å². The monoisotopic (exact) mass is 262 g/mol. The molecule has 0 spiro atoms. The summed E-state index contributed by atoms with van der Waals surface area (Å²) in [6, 6.07) is 0. The minimum atomic E-state index is -0.231. The molecule has 1 aromatic rings. The minimum absolute atomic E-state index is 0.231. The van der Waals surface area contributed by atoms with Crippen molar-refractivity contribution in [2.75, 3.05) is 0 Å². The average Bonchev–Trinajstić information content (AvgIpc) is 2.13. The minimum Gasteiger partial charge on any atom is -0.267 e. The Balaban J connectivity index is 2.97. The molecule has 1 heterocycles. The standard InChI is InChI=1S/C8H11BrN2OS/c1-2-3-4-5-7(13)6(9)8(12)11-10-5/h2-4H2,1H3,(H2,11,12,13). The molecule has 1 N–H and O–H groups in total. The molecule has 0 saturated carbocycles. The molecule has 0 atom stereocenters. The quantitative estimate of drug-likeness (QED) is 0.821. The Morgan fingerprint density at radius 2 is 2.31 bits per heavy atom. The first-order valence-corrected chi connectivity index (χ1v) is 5.36. The number of hydrogen-bond donors (Lipinski definition) is 2. The zero-order valence-electron chi connectivity index (χ0n) is 7.30. The molecule has 1 rings (SSSR count). The van der Waals surface area contributed by atoms with Crippen LogP contribution in [0.4, 0.5) is 0 Å². The van der Waals surface area contributed by atoms with Gasteiger partial charge in [-0.25, -0.2) is 5.10 Å². The number of halogens is 1. The number of hydrogen-bond acceptors (Lipinski definition) is 3. The molecule has 72 valence electrons. The number of H-pyrrole nitrogens is 1. The van der Waals surface area contributed by atoms with E-state index in [1.807, 2.05) is 0 Å². The van der Waals surface area contributed by atoms with E-state index >= 15 is 0 Å². The molecule has 0 aliphatic rings. The van der Waals surface area contributed by atoms with Crippen molar-refractivity contribution in [3.8, 4) is 0 Å². The molecule has 0 radical (unpaired) electrons. The van der Waals surface area contributed by atoms with Crippen molar-refractivity contribution in [2.24, 2.45) is 0 Å². The van der Waals surface area contributed by atoms with Crippen LogP contribution >= 0.6 is 28.6 Å². The fraction of sp³-hybridized carbons (Fsp3) is 0.500. The van der Waals surface area contributed by atoms with Crippen LogP contribution in [0.1, 0.15) is 25.5 Å².